The molecule has 0 unspecified atom stereocenters. The van der Waals surface area contributed by atoms with Crippen LogP contribution in [0.4, 0.5) is 10.8 Å². The smallest absolute Gasteiger partial charge is 0.259 e. The lowest BCUT2D eigenvalue weighted by Crippen LogP contribution is -2.15. The molecule has 0 fully saturated rings. The van der Waals surface area contributed by atoms with Gasteiger partial charge < -0.3 is 5.32 Å². The van der Waals surface area contributed by atoms with E-state index in [4.69, 9.17) is 0 Å². The van der Waals surface area contributed by atoms with Gasteiger partial charge in [-0.1, -0.05) is 11.6 Å². The molecule has 21 heavy (non-hydrogen) atoms. The summed E-state index contributed by atoms with van der Waals surface area (Å²) in [5.41, 5.74) is 3.77. The Morgan fingerprint density at radius 3 is 3.00 bits per heavy atom. The fraction of sp³-hybridized carbons (Fsp3) is 0.375. The molecule has 1 aliphatic rings. The Morgan fingerprint density at radius 1 is 1.38 bits per heavy atom. The Morgan fingerprint density at radius 2 is 2.24 bits per heavy atom. The van der Waals surface area contributed by atoms with E-state index in [-0.39, 0.29) is 5.91 Å². The molecule has 0 radical (unpaired) electrons. The predicted molar refractivity (Wildman–Crippen MR) is 87.4 cm³/mol. The molecule has 2 N–H and O–H groups in total. The molecule has 1 heterocycles. The number of hydrogen-bond acceptors (Lipinski definition) is 4. The number of nitrogens with zero attached hydrogens (tertiary/aromatic N) is 1. The lowest BCUT2D eigenvalue weighted by Gasteiger charge is -2.11. The molecule has 2 aromatic rings. The van der Waals surface area contributed by atoms with Gasteiger partial charge in [0.25, 0.3) is 5.91 Å². The van der Waals surface area contributed by atoms with E-state index < -0.39 is 0 Å². The summed E-state index contributed by atoms with van der Waals surface area (Å²) in [5.74, 6) is -0.0953. The largest absolute Gasteiger partial charge is 0.385 e. The van der Waals surface area contributed by atoms with Crippen LogP contribution in [0, 0.1) is 6.92 Å². The molecule has 4 nitrogen and oxygen atoms in total. The highest BCUT2D eigenvalue weighted by atomic mass is 32.1. The van der Waals surface area contributed by atoms with Gasteiger partial charge in [-0.25, -0.2) is 4.98 Å². The minimum atomic E-state index is -0.0953. The van der Waals surface area contributed by atoms with Crippen LogP contribution >= 0.6 is 11.3 Å². The highest BCUT2D eigenvalue weighted by molar-refractivity contribution is 7.16. The van der Waals surface area contributed by atoms with E-state index in [0.717, 1.165) is 36.3 Å². The molecule has 0 atom stereocenters. The molecule has 110 valence electrons. The number of anilines is 2. The van der Waals surface area contributed by atoms with Crippen molar-refractivity contribution in [3.05, 3.63) is 39.9 Å². The van der Waals surface area contributed by atoms with E-state index in [1.54, 1.807) is 11.3 Å². The Bertz CT molecular complexity index is 657. The van der Waals surface area contributed by atoms with E-state index in [1.807, 2.05) is 32.0 Å². The maximum Gasteiger partial charge on any atom is 0.259 e. The van der Waals surface area contributed by atoms with Crippen molar-refractivity contribution < 1.29 is 4.79 Å². The van der Waals surface area contributed by atoms with Crippen molar-refractivity contribution in [2.24, 2.45) is 0 Å². The van der Waals surface area contributed by atoms with Gasteiger partial charge in [-0.05, 0) is 45.2 Å². The van der Waals surface area contributed by atoms with Crippen LogP contribution in [-0.4, -0.2) is 17.4 Å². The average Bonchev–Trinajstić information content (AvgIpc) is 3.02. The molecule has 1 amide bonds. The Labute approximate surface area is 128 Å². The molecule has 1 aliphatic carbocycles. The van der Waals surface area contributed by atoms with E-state index in [2.05, 4.69) is 15.6 Å². The van der Waals surface area contributed by atoms with Crippen LogP contribution in [0.3, 0.4) is 0 Å². The number of fused-ring (bicyclic) bond motifs is 1. The number of aromatic nitrogens is 1. The Balaban J connectivity index is 1.82. The molecular weight excluding hydrogens is 282 g/mol. The first-order chi connectivity index (χ1) is 10.2. The standard InChI is InChI=1S/C16H19N3OS/c1-3-17-12-8-7-10(2)9-11(12)15(20)19-16-18-13-5-4-6-14(13)21-16/h7-9,17H,3-6H2,1-2H3,(H,18,19,20). The molecule has 0 saturated heterocycles. The van der Waals surface area contributed by atoms with Gasteiger partial charge in [0.05, 0.1) is 11.3 Å². The summed E-state index contributed by atoms with van der Waals surface area (Å²) < 4.78 is 0. The van der Waals surface area contributed by atoms with Crippen molar-refractivity contribution in [3.63, 3.8) is 0 Å². The quantitative estimate of drug-likeness (QED) is 0.907. The fourth-order valence-electron chi connectivity index (χ4n) is 2.60. The van der Waals surface area contributed by atoms with Crippen molar-refractivity contribution in [2.45, 2.75) is 33.1 Å². The summed E-state index contributed by atoms with van der Waals surface area (Å²) in [6.07, 6.45) is 3.32. The molecular formula is C16H19N3OS. The van der Waals surface area contributed by atoms with E-state index in [9.17, 15) is 4.79 Å². The van der Waals surface area contributed by atoms with Crippen LogP contribution in [0.25, 0.3) is 0 Å². The second-order valence-corrected chi connectivity index (χ2v) is 6.36. The second-order valence-electron chi connectivity index (χ2n) is 5.28. The minimum Gasteiger partial charge on any atom is -0.385 e. The van der Waals surface area contributed by atoms with Gasteiger partial charge in [0, 0.05) is 17.1 Å². The minimum absolute atomic E-state index is 0.0953. The van der Waals surface area contributed by atoms with Crippen LogP contribution in [0.1, 0.15) is 39.8 Å². The van der Waals surface area contributed by atoms with Gasteiger partial charge in [0.15, 0.2) is 5.13 Å². The number of carbonyl (C=O) groups is 1. The number of carbonyl (C=O) groups excluding carboxylic acids is 1. The van der Waals surface area contributed by atoms with Crippen LogP contribution in [0.15, 0.2) is 18.2 Å². The number of hydrogen-bond donors (Lipinski definition) is 2. The summed E-state index contributed by atoms with van der Waals surface area (Å²) >= 11 is 1.60. The van der Waals surface area contributed by atoms with Crippen LogP contribution in [-0.2, 0) is 12.8 Å². The second kappa shape index (κ2) is 5.85. The van der Waals surface area contributed by atoms with Crippen molar-refractivity contribution in [2.75, 3.05) is 17.2 Å². The summed E-state index contributed by atoms with van der Waals surface area (Å²) in [5, 5.41) is 6.89. The number of rotatable bonds is 4. The summed E-state index contributed by atoms with van der Waals surface area (Å²) in [7, 11) is 0. The van der Waals surface area contributed by atoms with Gasteiger partial charge in [-0.15, -0.1) is 11.3 Å². The highest BCUT2D eigenvalue weighted by Crippen LogP contribution is 2.31. The molecule has 0 aliphatic heterocycles. The Kier molecular flexibility index (Phi) is 3.92. The number of thiazole rings is 1. The summed E-state index contributed by atoms with van der Waals surface area (Å²) in [4.78, 5) is 18.3. The van der Waals surface area contributed by atoms with Crippen molar-refractivity contribution >= 4 is 28.1 Å². The van der Waals surface area contributed by atoms with Gasteiger partial charge in [0.1, 0.15) is 0 Å². The molecule has 0 saturated carbocycles. The van der Waals surface area contributed by atoms with Crippen molar-refractivity contribution in [3.8, 4) is 0 Å². The van der Waals surface area contributed by atoms with Crippen LogP contribution in [0.5, 0.6) is 0 Å². The van der Waals surface area contributed by atoms with Crippen molar-refractivity contribution in [1.29, 1.82) is 0 Å². The first-order valence-electron chi connectivity index (χ1n) is 7.32. The molecule has 1 aromatic heterocycles. The number of aryl methyl sites for hydroxylation is 3. The first kappa shape index (κ1) is 14.1. The summed E-state index contributed by atoms with van der Waals surface area (Å²) in [6, 6.07) is 5.87. The van der Waals surface area contributed by atoms with Crippen LogP contribution < -0.4 is 10.6 Å². The van der Waals surface area contributed by atoms with E-state index in [0.29, 0.717) is 10.7 Å². The zero-order valence-corrected chi connectivity index (χ0v) is 13.1. The zero-order valence-electron chi connectivity index (χ0n) is 12.3. The van der Waals surface area contributed by atoms with Gasteiger partial charge in [-0.3, -0.25) is 10.1 Å². The third kappa shape index (κ3) is 2.93. The molecule has 0 bridgehead atoms. The third-order valence-electron chi connectivity index (χ3n) is 3.60. The molecule has 1 aromatic carbocycles. The number of nitrogens with one attached hydrogen (secondary N) is 2. The SMILES string of the molecule is CCNc1ccc(C)cc1C(=O)Nc1nc2c(s1)CCC2. The summed E-state index contributed by atoms with van der Waals surface area (Å²) in [6.45, 7) is 4.80. The van der Waals surface area contributed by atoms with E-state index in [1.165, 1.54) is 11.3 Å². The topological polar surface area (TPSA) is 54.0 Å². The fourth-order valence-corrected chi connectivity index (χ4v) is 3.64. The predicted octanol–water partition coefficient (Wildman–Crippen LogP) is 3.62. The number of benzene rings is 1. The van der Waals surface area contributed by atoms with Crippen molar-refractivity contribution in [1.82, 2.24) is 4.98 Å². The monoisotopic (exact) mass is 301 g/mol. The number of amides is 1. The van der Waals surface area contributed by atoms with Gasteiger partial charge >= 0.3 is 0 Å². The van der Waals surface area contributed by atoms with E-state index >= 15 is 0 Å². The highest BCUT2D eigenvalue weighted by Gasteiger charge is 2.19. The van der Waals surface area contributed by atoms with Gasteiger partial charge in [0.2, 0.25) is 0 Å². The Hall–Kier alpha value is -1.88. The molecule has 3 rings (SSSR count). The lowest BCUT2D eigenvalue weighted by molar-refractivity contribution is 0.102. The van der Waals surface area contributed by atoms with Crippen LogP contribution in [0.2, 0.25) is 0 Å². The average molecular weight is 301 g/mol. The zero-order chi connectivity index (χ0) is 14.8. The molecule has 5 heteroatoms. The maximum atomic E-state index is 12.5. The normalized spacial score (nSPS) is 13.0. The first-order valence-corrected chi connectivity index (χ1v) is 8.13. The maximum absolute atomic E-state index is 12.5. The van der Waals surface area contributed by atoms with Gasteiger partial charge in [-0.2, -0.15) is 0 Å². The lowest BCUT2D eigenvalue weighted by atomic mass is 10.1. The third-order valence-corrected chi connectivity index (χ3v) is 4.68. The molecule has 0 spiro atoms.